The second-order valence-electron chi connectivity index (χ2n) is 10.4. The van der Waals surface area contributed by atoms with Crippen LogP contribution in [0.15, 0.2) is 71.6 Å². The molecule has 194 valence electrons. The van der Waals surface area contributed by atoms with Crippen LogP contribution in [-0.2, 0) is 4.74 Å². The molecule has 37 heavy (non-hydrogen) atoms. The predicted molar refractivity (Wildman–Crippen MR) is 140 cm³/mol. The number of amides is 2. The number of aromatic nitrogens is 1. The number of carbonyl (C=O) groups excluding carboxylic acids is 1. The molecule has 1 saturated heterocycles. The van der Waals surface area contributed by atoms with Crippen LogP contribution < -0.4 is 10.6 Å². The van der Waals surface area contributed by atoms with Crippen molar-refractivity contribution in [3.63, 3.8) is 0 Å². The first-order chi connectivity index (χ1) is 18.0. The molecule has 1 unspecified atom stereocenters. The average molecular weight is 505 g/mol. The lowest BCUT2D eigenvalue weighted by atomic mass is 9.68. The van der Waals surface area contributed by atoms with Crippen molar-refractivity contribution < 1.29 is 19.2 Å². The Labute approximate surface area is 217 Å². The molecule has 2 heterocycles. The van der Waals surface area contributed by atoms with Crippen LogP contribution >= 0.6 is 0 Å². The fourth-order valence-electron chi connectivity index (χ4n) is 5.98. The van der Waals surface area contributed by atoms with Gasteiger partial charge in [-0.05, 0) is 67.4 Å². The molecule has 3 atom stereocenters. The molecular weight excluding hydrogens is 469 g/mol. The van der Waals surface area contributed by atoms with E-state index in [9.17, 15) is 9.18 Å². The molecule has 1 aromatic heterocycles. The number of rotatable bonds is 7. The van der Waals surface area contributed by atoms with E-state index < -0.39 is 0 Å². The largest absolute Gasteiger partial charge is 0.378 e. The monoisotopic (exact) mass is 504 g/mol. The van der Waals surface area contributed by atoms with E-state index >= 15 is 0 Å². The first-order valence-electron chi connectivity index (χ1n) is 13.1. The second kappa shape index (κ2) is 10.9. The number of ether oxygens (including phenoxy) is 1. The maximum absolute atomic E-state index is 13.4. The number of fused-ring (bicyclic) bond motifs is 1. The minimum Gasteiger partial charge on any atom is -0.378 e. The molecule has 0 spiro atoms. The summed E-state index contributed by atoms with van der Waals surface area (Å²) in [6, 6.07) is 12.0. The Kier molecular flexibility index (Phi) is 7.48. The number of pyridine rings is 1. The normalized spacial score (nSPS) is 24.3. The third-order valence-corrected chi connectivity index (χ3v) is 8.18. The van der Waals surface area contributed by atoms with E-state index in [0.717, 1.165) is 48.3 Å². The summed E-state index contributed by atoms with van der Waals surface area (Å²) >= 11 is 0. The second-order valence-corrected chi connectivity index (χ2v) is 10.4. The molecule has 2 aliphatic carbocycles. The van der Waals surface area contributed by atoms with Gasteiger partial charge in [-0.1, -0.05) is 18.6 Å². The highest BCUT2D eigenvalue weighted by Crippen LogP contribution is 2.55. The van der Waals surface area contributed by atoms with Crippen molar-refractivity contribution in [1.82, 2.24) is 15.2 Å². The van der Waals surface area contributed by atoms with Crippen molar-refractivity contribution in [2.45, 2.75) is 38.6 Å². The van der Waals surface area contributed by atoms with Crippen LogP contribution in [0.5, 0.6) is 0 Å². The first-order valence-corrected chi connectivity index (χ1v) is 13.1. The van der Waals surface area contributed by atoms with Gasteiger partial charge in [0, 0.05) is 43.2 Å². The lowest BCUT2D eigenvalue weighted by Gasteiger charge is -2.38. The molecule has 0 radical (unpaired) electrons. The lowest BCUT2D eigenvalue weighted by molar-refractivity contribution is -0.513. The molecule has 1 saturated carbocycles. The first kappa shape index (κ1) is 25.3. The van der Waals surface area contributed by atoms with Gasteiger partial charge in [0.05, 0.1) is 24.9 Å². The highest BCUT2D eigenvalue weighted by molar-refractivity contribution is 5.78. The van der Waals surface area contributed by atoms with Gasteiger partial charge in [-0.15, -0.1) is 0 Å². The Morgan fingerprint density at radius 1 is 1.30 bits per heavy atom. The number of allylic oxidation sites excluding steroid dienone is 3. The van der Waals surface area contributed by atoms with Crippen molar-refractivity contribution in [2.75, 3.05) is 26.3 Å². The molecule has 2 amide bonds. The van der Waals surface area contributed by atoms with E-state index in [1.165, 1.54) is 23.9 Å². The third kappa shape index (κ3) is 5.50. The molecule has 0 bridgehead atoms. The van der Waals surface area contributed by atoms with Crippen molar-refractivity contribution in [2.24, 2.45) is 11.3 Å². The summed E-state index contributed by atoms with van der Waals surface area (Å²) in [5.74, 6) is 0.0767. The number of quaternary nitrogens is 1. The SMILES string of the molecule is C[C@]12CC(C=N)=C([NH2+]c3ccc(F)cc3)C=C1CC[C@@H]2CC(NC(=O)N1CCOCC1)c1ccccn1. The fraction of sp³-hybridized carbons (Fsp3) is 0.414. The highest BCUT2D eigenvalue weighted by Gasteiger charge is 2.46. The minimum absolute atomic E-state index is 0.0715. The number of benzene rings is 1. The summed E-state index contributed by atoms with van der Waals surface area (Å²) in [7, 11) is 0. The van der Waals surface area contributed by atoms with Crippen molar-refractivity contribution in [1.29, 1.82) is 5.41 Å². The van der Waals surface area contributed by atoms with Gasteiger partial charge >= 0.3 is 6.03 Å². The molecule has 2 fully saturated rings. The predicted octanol–water partition coefficient (Wildman–Crippen LogP) is 4.24. The Morgan fingerprint density at radius 2 is 2.08 bits per heavy atom. The molecule has 7 nitrogen and oxygen atoms in total. The summed E-state index contributed by atoms with van der Waals surface area (Å²) in [6.07, 6.45) is 9.03. The smallest absolute Gasteiger partial charge is 0.318 e. The van der Waals surface area contributed by atoms with E-state index in [2.05, 4.69) is 23.3 Å². The van der Waals surface area contributed by atoms with Gasteiger partial charge in [-0.25, -0.2) is 9.18 Å². The van der Waals surface area contributed by atoms with Crippen molar-refractivity contribution in [3.8, 4) is 0 Å². The van der Waals surface area contributed by atoms with Gasteiger partial charge < -0.3 is 20.4 Å². The van der Waals surface area contributed by atoms with Crippen LogP contribution in [0.25, 0.3) is 0 Å². The standard InChI is InChI=1S/C29H34FN5O2/c1-29-18-20(19-31)26(33-24-9-7-23(30)8-10-24)16-21(29)5-6-22(29)17-27(25-4-2-3-11-32-25)34-28(36)35-12-14-37-15-13-35/h2-4,7-11,16,19,22,27,31,33H,5-6,12-15,17-18H2,1H3,(H,34,36)/p+1/t22-,27?,29+/m1/s1. The molecular formula is C29H35FN5O2+. The van der Waals surface area contributed by atoms with Crippen LogP contribution in [0.2, 0.25) is 0 Å². The zero-order chi connectivity index (χ0) is 25.8. The number of nitrogens with one attached hydrogen (secondary N) is 2. The van der Waals surface area contributed by atoms with E-state index in [1.54, 1.807) is 18.3 Å². The number of hydrogen-bond acceptors (Lipinski definition) is 4. The third-order valence-electron chi connectivity index (χ3n) is 8.18. The van der Waals surface area contributed by atoms with Crippen molar-refractivity contribution in [3.05, 3.63) is 83.1 Å². The maximum atomic E-state index is 13.4. The zero-order valence-corrected chi connectivity index (χ0v) is 21.3. The van der Waals surface area contributed by atoms with Gasteiger partial charge in [-0.2, -0.15) is 0 Å². The van der Waals surface area contributed by atoms with Gasteiger partial charge in [0.25, 0.3) is 0 Å². The van der Waals surface area contributed by atoms with E-state index in [0.29, 0.717) is 32.2 Å². The Balaban J connectivity index is 1.35. The van der Waals surface area contributed by atoms with Crippen LogP contribution in [-0.4, -0.2) is 48.4 Å². The molecule has 1 aliphatic heterocycles. The van der Waals surface area contributed by atoms with Gasteiger partial charge in [0.1, 0.15) is 17.2 Å². The lowest BCUT2D eigenvalue weighted by Crippen LogP contribution is -2.76. The molecule has 5 rings (SSSR count). The zero-order valence-electron chi connectivity index (χ0n) is 21.3. The molecule has 8 heteroatoms. The summed E-state index contributed by atoms with van der Waals surface area (Å²) in [5.41, 5.74) is 5.09. The van der Waals surface area contributed by atoms with Crippen LogP contribution in [0.1, 0.15) is 44.3 Å². The highest BCUT2D eigenvalue weighted by atomic mass is 19.1. The van der Waals surface area contributed by atoms with Crippen LogP contribution in [0, 0.1) is 22.6 Å². The summed E-state index contributed by atoms with van der Waals surface area (Å²) in [6.45, 7) is 4.61. The van der Waals surface area contributed by atoms with Gasteiger partial charge in [0.2, 0.25) is 0 Å². The Morgan fingerprint density at radius 3 is 2.78 bits per heavy atom. The molecule has 2 aromatic rings. The molecule has 3 aliphatic rings. The van der Waals surface area contributed by atoms with Crippen molar-refractivity contribution >= 4 is 17.9 Å². The average Bonchev–Trinajstić information content (AvgIpc) is 3.24. The summed E-state index contributed by atoms with van der Waals surface area (Å²) in [5, 5.41) is 13.4. The van der Waals surface area contributed by atoms with E-state index in [-0.39, 0.29) is 23.3 Å². The number of carbonyl (C=O) groups is 1. The van der Waals surface area contributed by atoms with E-state index in [1.807, 2.05) is 28.4 Å². The Bertz CT molecular complexity index is 1190. The molecule has 1 aromatic carbocycles. The number of nitrogens with two attached hydrogens (primary N) is 1. The van der Waals surface area contributed by atoms with Crippen LogP contribution in [0.3, 0.4) is 0 Å². The maximum Gasteiger partial charge on any atom is 0.318 e. The number of halogens is 1. The topological polar surface area (TPSA) is 94.9 Å². The fourth-order valence-corrected chi connectivity index (χ4v) is 5.98. The molecule has 4 N–H and O–H groups in total. The number of nitrogens with zero attached hydrogens (tertiary/aromatic N) is 2. The number of morpholine rings is 1. The van der Waals surface area contributed by atoms with Crippen LogP contribution in [0.4, 0.5) is 14.9 Å². The summed E-state index contributed by atoms with van der Waals surface area (Å²) in [4.78, 5) is 19.5. The van der Waals surface area contributed by atoms with Gasteiger partial charge in [0.15, 0.2) is 0 Å². The quantitative estimate of drug-likeness (QED) is 0.389. The van der Waals surface area contributed by atoms with E-state index in [4.69, 9.17) is 10.1 Å². The Hall–Kier alpha value is -3.36. The number of urea groups is 1. The summed E-state index contributed by atoms with van der Waals surface area (Å²) < 4.78 is 18.8. The number of hydrogen-bond donors (Lipinski definition) is 3. The minimum atomic E-state index is -0.255. The van der Waals surface area contributed by atoms with Gasteiger partial charge in [-0.3, -0.25) is 10.3 Å².